The maximum atomic E-state index is 5.83. The van der Waals surface area contributed by atoms with Crippen molar-refractivity contribution in [2.24, 2.45) is 5.84 Å². The Morgan fingerprint density at radius 3 is 2.38 bits per heavy atom. The summed E-state index contributed by atoms with van der Waals surface area (Å²) in [6.07, 6.45) is 0. The third kappa shape index (κ3) is 4.48. The van der Waals surface area contributed by atoms with E-state index >= 15 is 0 Å². The van der Waals surface area contributed by atoms with Crippen molar-refractivity contribution in [3.05, 3.63) is 33.8 Å². The molecule has 0 amide bonds. The Kier molecular flexibility index (Phi) is 7.00. The maximum absolute atomic E-state index is 5.83. The molecule has 2 nitrogen and oxygen atoms in total. The topological polar surface area (TPSA) is 38.0 Å². The van der Waals surface area contributed by atoms with E-state index < -0.39 is 0 Å². The summed E-state index contributed by atoms with van der Waals surface area (Å²) in [5.41, 5.74) is 3.46. The molecule has 0 saturated carbocycles. The predicted octanol–water partition coefficient (Wildman–Crippen LogP) is 2.98. The molecule has 0 unspecified atom stereocenters. The Hall–Kier alpha value is -0.280. The highest BCUT2D eigenvalue weighted by atomic mass is 35.5. The zero-order valence-corrected chi connectivity index (χ0v) is 9.28. The molecule has 13 heavy (non-hydrogen) atoms. The molecular formula is C9H14Cl2N2. The third-order valence-corrected chi connectivity index (χ3v) is 1.89. The van der Waals surface area contributed by atoms with Gasteiger partial charge in [0, 0.05) is 16.6 Å². The SMILES string of the molecule is CC.NNCc1ccc(Cl)cc1Cl. The fraction of sp³-hybridized carbons (Fsp3) is 0.333. The molecule has 0 fully saturated rings. The number of rotatable bonds is 2. The van der Waals surface area contributed by atoms with Gasteiger partial charge in [-0.15, -0.1) is 0 Å². The van der Waals surface area contributed by atoms with Crippen LogP contribution in [0.4, 0.5) is 0 Å². The van der Waals surface area contributed by atoms with Gasteiger partial charge in [-0.25, -0.2) is 0 Å². The van der Waals surface area contributed by atoms with Gasteiger partial charge in [0.15, 0.2) is 0 Å². The molecule has 0 radical (unpaired) electrons. The van der Waals surface area contributed by atoms with Crippen molar-refractivity contribution in [1.29, 1.82) is 0 Å². The summed E-state index contributed by atoms with van der Waals surface area (Å²) < 4.78 is 0. The molecule has 0 aromatic heterocycles. The minimum Gasteiger partial charge on any atom is -0.271 e. The van der Waals surface area contributed by atoms with Gasteiger partial charge in [-0.2, -0.15) is 0 Å². The molecule has 0 aliphatic heterocycles. The van der Waals surface area contributed by atoms with Crippen LogP contribution in [0.15, 0.2) is 18.2 Å². The predicted molar refractivity (Wildman–Crippen MR) is 58.8 cm³/mol. The molecule has 3 N–H and O–H groups in total. The lowest BCUT2D eigenvalue weighted by Gasteiger charge is -2.02. The van der Waals surface area contributed by atoms with Crippen LogP contribution in [0.5, 0.6) is 0 Å². The van der Waals surface area contributed by atoms with Crippen LogP contribution < -0.4 is 11.3 Å². The Morgan fingerprint density at radius 1 is 1.31 bits per heavy atom. The fourth-order valence-corrected chi connectivity index (χ4v) is 1.25. The molecule has 0 aliphatic rings. The van der Waals surface area contributed by atoms with Crippen LogP contribution in [0.25, 0.3) is 0 Å². The molecular weight excluding hydrogens is 207 g/mol. The van der Waals surface area contributed by atoms with E-state index in [1.54, 1.807) is 12.1 Å². The largest absolute Gasteiger partial charge is 0.271 e. The first-order valence-corrected chi connectivity index (χ1v) is 4.87. The quantitative estimate of drug-likeness (QED) is 0.595. The molecule has 1 aromatic rings. The van der Waals surface area contributed by atoms with Gasteiger partial charge in [0.05, 0.1) is 0 Å². The molecule has 0 aliphatic carbocycles. The summed E-state index contributed by atoms with van der Waals surface area (Å²) in [6.45, 7) is 4.55. The minimum absolute atomic E-state index is 0.552. The Labute approximate surface area is 89.0 Å². The van der Waals surface area contributed by atoms with Crippen molar-refractivity contribution in [3.8, 4) is 0 Å². The van der Waals surface area contributed by atoms with Crippen LogP contribution in [0, 0.1) is 0 Å². The van der Waals surface area contributed by atoms with Gasteiger partial charge < -0.3 is 0 Å². The van der Waals surface area contributed by atoms with Crippen LogP contribution >= 0.6 is 23.2 Å². The molecule has 0 spiro atoms. The van der Waals surface area contributed by atoms with Gasteiger partial charge >= 0.3 is 0 Å². The minimum atomic E-state index is 0.552. The standard InChI is InChI=1S/C7H8Cl2N2.C2H6/c8-6-2-1-5(4-11-10)7(9)3-6;1-2/h1-3,11H,4,10H2;1-2H3. The summed E-state index contributed by atoms with van der Waals surface area (Å²) in [6, 6.07) is 5.31. The van der Waals surface area contributed by atoms with Crippen molar-refractivity contribution in [1.82, 2.24) is 5.43 Å². The first kappa shape index (κ1) is 12.7. The lowest BCUT2D eigenvalue weighted by atomic mass is 10.2. The highest BCUT2D eigenvalue weighted by Gasteiger charge is 1.98. The zero-order valence-electron chi connectivity index (χ0n) is 7.77. The normalized spacial score (nSPS) is 9.00. The van der Waals surface area contributed by atoms with Crippen LogP contribution in [0.3, 0.4) is 0 Å². The number of nitrogens with two attached hydrogens (primary N) is 1. The number of halogens is 2. The van der Waals surface area contributed by atoms with Gasteiger partial charge in [-0.3, -0.25) is 11.3 Å². The van der Waals surface area contributed by atoms with E-state index in [1.807, 2.05) is 19.9 Å². The summed E-state index contributed by atoms with van der Waals surface area (Å²) in [5, 5.41) is 1.27. The molecule has 0 bridgehead atoms. The second-order valence-electron chi connectivity index (χ2n) is 2.12. The molecule has 0 saturated heterocycles. The fourth-order valence-electron chi connectivity index (χ4n) is 0.775. The zero-order chi connectivity index (χ0) is 10.3. The van der Waals surface area contributed by atoms with E-state index in [4.69, 9.17) is 29.0 Å². The first-order chi connectivity index (χ1) is 6.24. The lowest BCUT2D eigenvalue weighted by molar-refractivity contribution is 0.741. The molecule has 1 aromatic carbocycles. The third-order valence-electron chi connectivity index (χ3n) is 1.31. The monoisotopic (exact) mass is 220 g/mol. The second-order valence-corrected chi connectivity index (χ2v) is 2.96. The molecule has 0 heterocycles. The van der Waals surface area contributed by atoms with Crippen LogP contribution in [0.1, 0.15) is 19.4 Å². The van der Waals surface area contributed by atoms with Gasteiger partial charge in [0.1, 0.15) is 0 Å². The Balaban J connectivity index is 0.000000671. The Bertz CT molecular complexity index is 251. The summed E-state index contributed by atoms with van der Waals surface area (Å²) in [4.78, 5) is 0. The maximum Gasteiger partial charge on any atom is 0.0466 e. The van der Waals surface area contributed by atoms with Gasteiger partial charge in [0.2, 0.25) is 0 Å². The van der Waals surface area contributed by atoms with Crippen molar-refractivity contribution in [3.63, 3.8) is 0 Å². The van der Waals surface area contributed by atoms with E-state index in [-0.39, 0.29) is 0 Å². The highest BCUT2D eigenvalue weighted by Crippen LogP contribution is 2.20. The van der Waals surface area contributed by atoms with Gasteiger partial charge in [0.25, 0.3) is 0 Å². The van der Waals surface area contributed by atoms with E-state index in [2.05, 4.69) is 5.43 Å². The molecule has 74 valence electrons. The molecule has 4 heteroatoms. The van der Waals surface area contributed by atoms with Gasteiger partial charge in [-0.1, -0.05) is 43.1 Å². The average molecular weight is 221 g/mol. The number of nitrogens with one attached hydrogen (secondary N) is 1. The van der Waals surface area contributed by atoms with Gasteiger partial charge in [-0.05, 0) is 17.7 Å². The van der Waals surface area contributed by atoms with Crippen LogP contribution in [-0.2, 0) is 6.54 Å². The highest BCUT2D eigenvalue weighted by molar-refractivity contribution is 6.35. The number of benzene rings is 1. The van der Waals surface area contributed by atoms with Crippen molar-refractivity contribution in [2.75, 3.05) is 0 Å². The summed E-state index contributed by atoms with van der Waals surface area (Å²) in [5.74, 6) is 5.13. The molecule has 0 atom stereocenters. The van der Waals surface area contributed by atoms with E-state index in [0.29, 0.717) is 16.6 Å². The van der Waals surface area contributed by atoms with Crippen molar-refractivity contribution < 1.29 is 0 Å². The van der Waals surface area contributed by atoms with E-state index in [0.717, 1.165) is 5.56 Å². The smallest absolute Gasteiger partial charge is 0.0466 e. The van der Waals surface area contributed by atoms with Crippen LogP contribution in [-0.4, -0.2) is 0 Å². The number of hydrogen-bond donors (Lipinski definition) is 2. The second kappa shape index (κ2) is 7.15. The Morgan fingerprint density at radius 2 is 1.92 bits per heavy atom. The summed E-state index contributed by atoms with van der Waals surface area (Å²) >= 11 is 11.5. The number of hydrazine groups is 1. The van der Waals surface area contributed by atoms with Crippen LogP contribution in [0.2, 0.25) is 10.0 Å². The molecule has 1 rings (SSSR count). The van der Waals surface area contributed by atoms with Crippen molar-refractivity contribution in [2.45, 2.75) is 20.4 Å². The van der Waals surface area contributed by atoms with E-state index in [9.17, 15) is 0 Å². The van der Waals surface area contributed by atoms with Crippen molar-refractivity contribution >= 4 is 23.2 Å². The first-order valence-electron chi connectivity index (χ1n) is 4.11. The average Bonchev–Trinajstić information content (AvgIpc) is 2.14. The number of hydrogen-bond acceptors (Lipinski definition) is 2. The summed E-state index contributed by atoms with van der Waals surface area (Å²) in [7, 11) is 0. The van der Waals surface area contributed by atoms with E-state index in [1.165, 1.54) is 0 Å². The lowest BCUT2D eigenvalue weighted by Crippen LogP contribution is -2.20.